The lowest BCUT2D eigenvalue weighted by atomic mass is 10.1. The lowest BCUT2D eigenvalue weighted by Gasteiger charge is -2.08. The van der Waals surface area contributed by atoms with Gasteiger partial charge in [0, 0.05) is 0 Å². The van der Waals surface area contributed by atoms with Gasteiger partial charge in [-0.05, 0) is 37.1 Å². The minimum absolute atomic E-state index is 0. The molecule has 1 aromatic rings. The summed E-state index contributed by atoms with van der Waals surface area (Å²) in [6.07, 6.45) is 3.04. The highest BCUT2D eigenvalue weighted by atomic mass is 35.5. The number of nitrogens with two attached hydrogens (primary N) is 1. The summed E-state index contributed by atoms with van der Waals surface area (Å²) in [5.41, 5.74) is 6.63. The van der Waals surface area contributed by atoms with E-state index in [9.17, 15) is 0 Å². The van der Waals surface area contributed by atoms with Gasteiger partial charge < -0.3 is 22.9 Å². The first-order valence-electron chi connectivity index (χ1n) is 5.39. The van der Waals surface area contributed by atoms with Gasteiger partial charge in [0.05, 0.1) is 11.6 Å². The van der Waals surface area contributed by atoms with Gasteiger partial charge >= 0.3 is 0 Å². The van der Waals surface area contributed by atoms with Gasteiger partial charge in [0.2, 0.25) is 0 Å². The highest BCUT2D eigenvalue weighted by Crippen LogP contribution is 2.25. The molecule has 0 aromatic heterocycles. The van der Waals surface area contributed by atoms with E-state index in [1.54, 1.807) is 0 Å². The second-order valence-corrected chi connectivity index (χ2v) is 3.91. The van der Waals surface area contributed by atoms with Crippen LogP contribution in [0, 0.1) is 0 Å². The topological polar surface area (TPSA) is 35.2 Å². The van der Waals surface area contributed by atoms with Crippen molar-refractivity contribution < 1.29 is 17.1 Å². The van der Waals surface area contributed by atoms with Crippen LogP contribution in [0.15, 0.2) is 18.2 Å². The second-order valence-electron chi connectivity index (χ2n) is 3.51. The fraction of sp³-hybridized carbons (Fsp3) is 0.500. The van der Waals surface area contributed by atoms with Crippen LogP contribution in [0.5, 0.6) is 5.75 Å². The molecule has 0 saturated heterocycles. The molecule has 0 unspecified atom stereocenters. The van der Waals surface area contributed by atoms with Crippen molar-refractivity contribution >= 4 is 11.6 Å². The SMILES string of the molecule is CCCCOc1ccc(CCN)cc1Cl.[Cl-]. The monoisotopic (exact) mass is 262 g/mol. The Balaban J connectivity index is 0.00000225. The van der Waals surface area contributed by atoms with Crippen LogP contribution in [0.2, 0.25) is 5.02 Å². The van der Waals surface area contributed by atoms with Gasteiger partial charge in [0.25, 0.3) is 0 Å². The average Bonchev–Trinajstić information content (AvgIpc) is 2.22. The van der Waals surface area contributed by atoms with Crippen LogP contribution >= 0.6 is 11.6 Å². The maximum absolute atomic E-state index is 6.08. The van der Waals surface area contributed by atoms with Gasteiger partial charge in [-0.15, -0.1) is 0 Å². The molecule has 2 nitrogen and oxygen atoms in total. The van der Waals surface area contributed by atoms with Crippen molar-refractivity contribution in [3.8, 4) is 5.75 Å². The highest BCUT2D eigenvalue weighted by Gasteiger charge is 2.02. The largest absolute Gasteiger partial charge is 1.00 e. The van der Waals surface area contributed by atoms with Gasteiger partial charge in [0.15, 0.2) is 0 Å². The lowest BCUT2D eigenvalue weighted by Crippen LogP contribution is -3.00. The molecule has 4 heteroatoms. The summed E-state index contributed by atoms with van der Waals surface area (Å²) in [6.45, 7) is 3.51. The third kappa shape index (κ3) is 5.06. The molecule has 0 aliphatic rings. The van der Waals surface area contributed by atoms with Crippen LogP contribution < -0.4 is 22.9 Å². The van der Waals surface area contributed by atoms with Crippen LogP contribution in [-0.2, 0) is 6.42 Å². The zero-order chi connectivity index (χ0) is 11.1. The molecular weight excluding hydrogens is 245 g/mol. The van der Waals surface area contributed by atoms with Gasteiger partial charge in [-0.25, -0.2) is 0 Å². The van der Waals surface area contributed by atoms with E-state index < -0.39 is 0 Å². The van der Waals surface area contributed by atoms with Crippen LogP contribution in [0.4, 0.5) is 0 Å². The molecule has 0 bridgehead atoms. The number of benzene rings is 1. The smallest absolute Gasteiger partial charge is 0.137 e. The van der Waals surface area contributed by atoms with E-state index in [4.69, 9.17) is 22.1 Å². The van der Waals surface area contributed by atoms with Crippen LogP contribution in [-0.4, -0.2) is 13.2 Å². The Morgan fingerprint density at radius 3 is 2.69 bits per heavy atom. The van der Waals surface area contributed by atoms with Crippen molar-refractivity contribution in [2.24, 2.45) is 5.73 Å². The first-order valence-corrected chi connectivity index (χ1v) is 5.77. The van der Waals surface area contributed by atoms with E-state index in [1.165, 1.54) is 0 Å². The summed E-state index contributed by atoms with van der Waals surface area (Å²) in [6, 6.07) is 5.86. The van der Waals surface area contributed by atoms with Crippen LogP contribution in [0.1, 0.15) is 25.3 Å². The Labute approximate surface area is 109 Å². The third-order valence-electron chi connectivity index (χ3n) is 2.18. The molecule has 0 amide bonds. The molecule has 0 atom stereocenters. The van der Waals surface area contributed by atoms with E-state index in [0.717, 1.165) is 37.2 Å². The lowest BCUT2D eigenvalue weighted by molar-refractivity contribution is -0.00000367. The van der Waals surface area contributed by atoms with Crippen molar-refractivity contribution in [2.45, 2.75) is 26.2 Å². The highest BCUT2D eigenvalue weighted by molar-refractivity contribution is 6.32. The number of unbranched alkanes of at least 4 members (excludes halogenated alkanes) is 1. The van der Waals surface area contributed by atoms with Crippen molar-refractivity contribution in [2.75, 3.05) is 13.2 Å². The number of ether oxygens (including phenoxy) is 1. The zero-order valence-electron chi connectivity index (χ0n) is 9.51. The number of hydrogen-bond donors (Lipinski definition) is 1. The minimum Gasteiger partial charge on any atom is -1.00 e. The van der Waals surface area contributed by atoms with Crippen LogP contribution in [0.25, 0.3) is 0 Å². The summed E-state index contributed by atoms with van der Waals surface area (Å²) >= 11 is 6.08. The summed E-state index contributed by atoms with van der Waals surface area (Å²) in [5, 5.41) is 0.678. The van der Waals surface area contributed by atoms with Crippen molar-refractivity contribution in [3.05, 3.63) is 28.8 Å². The van der Waals surface area contributed by atoms with Gasteiger partial charge in [-0.2, -0.15) is 0 Å². The number of rotatable bonds is 6. The van der Waals surface area contributed by atoms with E-state index in [2.05, 4.69) is 6.92 Å². The average molecular weight is 263 g/mol. The van der Waals surface area contributed by atoms with Crippen molar-refractivity contribution in [1.29, 1.82) is 0 Å². The zero-order valence-corrected chi connectivity index (χ0v) is 11.0. The summed E-state index contributed by atoms with van der Waals surface area (Å²) < 4.78 is 5.55. The Morgan fingerprint density at radius 1 is 1.38 bits per heavy atom. The van der Waals surface area contributed by atoms with Crippen molar-refractivity contribution in [1.82, 2.24) is 0 Å². The number of hydrogen-bond acceptors (Lipinski definition) is 2. The van der Waals surface area contributed by atoms with Crippen molar-refractivity contribution in [3.63, 3.8) is 0 Å². The van der Waals surface area contributed by atoms with E-state index in [-0.39, 0.29) is 12.4 Å². The molecular formula is C12H18Cl2NO-. The molecule has 0 spiro atoms. The molecule has 1 rings (SSSR count). The fourth-order valence-corrected chi connectivity index (χ4v) is 1.57. The Morgan fingerprint density at radius 2 is 2.12 bits per heavy atom. The summed E-state index contributed by atoms with van der Waals surface area (Å²) in [5.74, 6) is 0.769. The fourth-order valence-electron chi connectivity index (χ4n) is 1.31. The summed E-state index contributed by atoms with van der Waals surface area (Å²) in [7, 11) is 0. The van der Waals surface area contributed by atoms with E-state index in [1.807, 2.05) is 18.2 Å². The Hall–Kier alpha value is -0.440. The first kappa shape index (κ1) is 15.6. The first-order chi connectivity index (χ1) is 7.27. The molecule has 0 fully saturated rings. The summed E-state index contributed by atoms with van der Waals surface area (Å²) in [4.78, 5) is 0. The molecule has 92 valence electrons. The molecule has 2 N–H and O–H groups in total. The van der Waals surface area contributed by atoms with Gasteiger partial charge in [0.1, 0.15) is 5.75 Å². The Kier molecular flexibility index (Phi) is 8.44. The maximum Gasteiger partial charge on any atom is 0.137 e. The normalized spacial score (nSPS) is 9.69. The molecule has 0 aliphatic heterocycles. The molecule has 0 saturated carbocycles. The maximum atomic E-state index is 6.08. The Bertz CT molecular complexity index is 305. The predicted molar refractivity (Wildman–Crippen MR) is 64.6 cm³/mol. The minimum atomic E-state index is 0. The standard InChI is InChI=1S/C12H18ClNO.ClH/c1-2-3-8-15-12-5-4-10(6-7-14)9-11(12)13;/h4-5,9H,2-3,6-8,14H2,1H3;1H/p-1. The quantitative estimate of drug-likeness (QED) is 0.735. The third-order valence-corrected chi connectivity index (χ3v) is 2.48. The second kappa shape index (κ2) is 8.68. The molecule has 0 radical (unpaired) electrons. The predicted octanol–water partition coefficient (Wildman–Crippen LogP) is 0.0241. The molecule has 16 heavy (non-hydrogen) atoms. The van der Waals surface area contributed by atoms with Gasteiger partial charge in [-0.1, -0.05) is 31.0 Å². The van der Waals surface area contributed by atoms with E-state index in [0.29, 0.717) is 11.6 Å². The van der Waals surface area contributed by atoms with Crippen LogP contribution in [0.3, 0.4) is 0 Å². The molecule has 0 heterocycles. The van der Waals surface area contributed by atoms with E-state index >= 15 is 0 Å². The molecule has 0 aliphatic carbocycles. The molecule has 1 aromatic carbocycles. The number of halogens is 2. The van der Waals surface area contributed by atoms with Gasteiger partial charge in [-0.3, -0.25) is 0 Å².